The minimum absolute atomic E-state index is 0.0222. The van der Waals surface area contributed by atoms with Crippen molar-refractivity contribution in [3.05, 3.63) is 64.6 Å². The van der Waals surface area contributed by atoms with Gasteiger partial charge in [0.25, 0.3) is 11.7 Å². The summed E-state index contributed by atoms with van der Waals surface area (Å²) in [6.07, 6.45) is 2.70. The van der Waals surface area contributed by atoms with E-state index in [-0.39, 0.29) is 17.0 Å². The molecule has 1 amide bonds. The van der Waals surface area contributed by atoms with Crippen molar-refractivity contribution >= 4 is 23.2 Å². The molecule has 150 valence electrons. The van der Waals surface area contributed by atoms with Crippen molar-refractivity contribution in [1.82, 2.24) is 9.38 Å². The number of rotatable bonds is 8. The first-order chi connectivity index (χ1) is 13.8. The van der Waals surface area contributed by atoms with Crippen LogP contribution in [-0.4, -0.2) is 38.8 Å². The number of aromatic nitrogens is 2. The molecule has 0 fully saturated rings. The fourth-order valence-corrected chi connectivity index (χ4v) is 3.43. The van der Waals surface area contributed by atoms with Crippen molar-refractivity contribution in [2.75, 3.05) is 6.61 Å². The van der Waals surface area contributed by atoms with E-state index in [0.29, 0.717) is 24.1 Å². The molecule has 3 rings (SSSR count). The van der Waals surface area contributed by atoms with Gasteiger partial charge in [-0.15, -0.1) is 0 Å². The fourth-order valence-electron chi connectivity index (χ4n) is 3.43. The molecule has 2 aromatic heterocycles. The summed E-state index contributed by atoms with van der Waals surface area (Å²) < 4.78 is 7.11. The Kier molecular flexibility index (Phi) is 5.63. The summed E-state index contributed by atoms with van der Waals surface area (Å²) in [7, 11) is 0. The van der Waals surface area contributed by atoms with Gasteiger partial charge in [0.05, 0.1) is 11.3 Å². The van der Waals surface area contributed by atoms with E-state index in [9.17, 15) is 14.4 Å². The first-order valence-corrected chi connectivity index (χ1v) is 9.09. The standard InChI is InChI=1S/C21H21N3O5/c1-3-14-15(9-13-7-5-4-6-8-13)24-10-12(2)23-21(29-11-16(25)26)18(24)17(14)19(27)20(22)28/h4-8,10H,3,9,11H2,1-2H3,(H2,22,28)(H,25,26). The highest BCUT2D eigenvalue weighted by atomic mass is 16.5. The summed E-state index contributed by atoms with van der Waals surface area (Å²) in [5.74, 6) is -3.15. The van der Waals surface area contributed by atoms with E-state index in [0.717, 1.165) is 11.3 Å². The van der Waals surface area contributed by atoms with E-state index in [2.05, 4.69) is 4.98 Å². The van der Waals surface area contributed by atoms with E-state index in [1.165, 1.54) is 0 Å². The van der Waals surface area contributed by atoms with E-state index in [1.807, 2.05) is 37.3 Å². The number of Topliss-reactive ketones (excluding diaryl/α,β-unsaturated/α-hetero) is 1. The second-order valence-electron chi connectivity index (χ2n) is 6.60. The molecular weight excluding hydrogens is 374 g/mol. The summed E-state index contributed by atoms with van der Waals surface area (Å²) in [5.41, 5.74) is 8.70. The highest BCUT2D eigenvalue weighted by Crippen LogP contribution is 2.32. The fraction of sp³-hybridized carbons (Fsp3) is 0.238. The number of fused-ring (bicyclic) bond motifs is 1. The Balaban J connectivity index is 2.33. The lowest BCUT2D eigenvalue weighted by Crippen LogP contribution is -2.24. The molecule has 0 radical (unpaired) electrons. The van der Waals surface area contributed by atoms with E-state index >= 15 is 0 Å². The number of aliphatic carboxylic acids is 1. The van der Waals surface area contributed by atoms with Gasteiger partial charge in [0.1, 0.15) is 5.52 Å². The van der Waals surface area contributed by atoms with Crippen molar-refractivity contribution < 1.29 is 24.2 Å². The average molecular weight is 395 g/mol. The molecule has 0 spiro atoms. The third-order valence-corrected chi connectivity index (χ3v) is 4.57. The number of nitrogens with zero attached hydrogens (tertiary/aromatic N) is 2. The van der Waals surface area contributed by atoms with Crippen LogP contribution in [-0.2, 0) is 22.4 Å². The zero-order valence-electron chi connectivity index (χ0n) is 16.1. The van der Waals surface area contributed by atoms with Crippen LogP contribution < -0.4 is 10.5 Å². The number of ether oxygens (including phenoxy) is 1. The van der Waals surface area contributed by atoms with Gasteiger partial charge in [-0.1, -0.05) is 37.3 Å². The Bertz CT molecular complexity index is 1100. The van der Waals surface area contributed by atoms with E-state index in [4.69, 9.17) is 15.6 Å². The first-order valence-electron chi connectivity index (χ1n) is 9.09. The largest absolute Gasteiger partial charge is 0.479 e. The number of amides is 1. The van der Waals surface area contributed by atoms with Crippen LogP contribution in [0, 0.1) is 6.92 Å². The molecule has 0 unspecified atom stereocenters. The van der Waals surface area contributed by atoms with Crippen LogP contribution >= 0.6 is 0 Å². The second-order valence-corrected chi connectivity index (χ2v) is 6.60. The smallest absolute Gasteiger partial charge is 0.341 e. The molecule has 0 aliphatic heterocycles. The molecule has 0 bridgehead atoms. The van der Waals surface area contributed by atoms with Gasteiger partial charge in [-0.05, 0) is 24.5 Å². The third-order valence-electron chi connectivity index (χ3n) is 4.57. The maximum Gasteiger partial charge on any atom is 0.341 e. The molecule has 8 nitrogen and oxygen atoms in total. The zero-order valence-corrected chi connectivity index (χ0v) is 16.1. The SMILES string of the molecule is CCc1c(C(=O)C(N)=O)c2c(OCC(=O)O)nc(C)cn2c1Cc1ccccc1. The number of hydrogen-bond donors (Lipinski definition) is 2. The molecule has 0 saturated carbocycles. The normalized spacial score (nSPS) is 10.8. The molecule has 2 heterocycles. The molecule has 8 heteroatoms. The number of hydrogen-bond acceptors (Lipinski definition) is 5. The number of benzene rings is 1. The summed E-state index contributed by atoms with van der Waals surface area (Å²) in [5, 5.41) is 8.98. The second kappa shape index (κ2) is 8.14. The number of carbonyl (C=O) groups is 3. The van der Waals surface area contributed by atoms with Gasteiger partial charge in [-0.2, -0.15) is 0 Å². The predicted octanol–water partition coefficient (Wildman–Crippen LogP) is 1.93. The first kappa shape index (κ1) is 20.1. The predicted molar refractivity (Wildman–Crippen MR) is 105 cm³/mol. The number of carbonyl (C=O) groups excluding carboxylic acids is 2. The van der Waals surface area contributed by atoms with Crippen LogP contribution in [0.1, 0.15) is 39.8 Å². The molecule has 3 N–H and O–H groups in total. The molecule has 0 saturated heterocycles. The van der Waals surface area contributed by atoms with Crippen LogP contribution in [0.4, 0.5) is 0 Å². The van der Waals surface area contributed by atoms with Crippen LogP contribution in [0.15, 0.2) is 36.5 Å². The minimum Gasteiger partial charge on any atom is -0.479 e. The number of primary amides is 1. The Morgan fingerprint density at radius 1 is 1.21 bits per heavy atom. The van der Waals surface area contributed by atoms with Crippen molar-refractivity contribution in [2.45, 2.75) is 26.7 Å². The molecule has 0 atom stereocenters. The van der Waals surface area contributed by atoms with E-state index < -0.39 is 24.3 Å². The highest BCUT2D eigenvalue weighted by Gasteiger charge is 2.28. The number of ketones is 1. The number of aryl methyl sites for hydroxylation is 1. The summed E-state index contributed by atoms with van der Waals surface area (Å²) in [6, 6.07) is 9.67. The Hall–Kier alpha value is -3.68. The van der Waals surface area contributed by atoms with Gasteiger partial charge < -0.3 is 20.0 Å². The Labute approximate surface area is 166 Å². The molecule has 3 aromatic rings. The van der Waals surface area contributed by atoms with Crippen molar-refractivity contribution in [3.8, 4) is 5.88 Å². The molecule has 0 aliphatic carbocycles. The minimum atomic E-state index is -1.18. The van der Waals surface area contributed by atoms with Gasteiger partial charge >= 0.3 is 5.97 Å². The van der Waals surface area contributed by atoms with Gasteiger partial charge in [-0.25, -0.2) is 9.78 Å². The van der Waals surface area contributed by atoms with Crippen LogP contribution in [0.2, 0.25) is 0 Å². The zero-order chi connectivity index (χ0) is 21.1. The van der Waals surface area contributed by atoms with Gasteiger partial charge in [0.15, 0.2) is 6.61 Å². The van der Waals surface area contributed by atoms with Crippen LogP contribution in [0.5, 0.6) is 5.88 Å². The number of carboxylic acids is 1. The summed E-state index contributed by atoms with van der Waals surface area (Å²) in [4.78, 5) is 39.7. The maximum atomic E-state index is 12.7. The topological polar surface area (TPSA) is 124 Å². The van der Waals surface area contributed by atoms with Gasteiger partial charge in [0.2, 0.25) is 5.88 Å². The maximum absolute atomic E-state index is 12.7. The highest BCUT2D eigenvalue weighted by molar-refractivity contribution is 6.44. The van der Waals surface area contributed by atoms with Crippen molar-refractivity contribution in [2.24, 2.45) is 5.73 Å². The van der Waals surface area contributed by atoms with E-state index in [1.54, 1.807) is 17.5 Å². The lowest BCUT2D eigenvalue weighted by molar-refractivity contribution is -0.139. The Morgan fingerprint density at radius 2 is 1.90 bits per heavy atom. The molecule has 1 aromatic carbocycles. The third kappa shape index (κ3) is 3.96. The van der Waals surface area contributed by atoms with Gasteiger partial charge in [-0.3, -0.25) is 9.59 Å². The summed E-state index contributed by atoms with van der Waals surface area (Å²) >= 11 is 0. The molecule has 0 aliphatic rings. The molecular formula is C21H21N3O5. The van der Waals surface area contributed by atoms with Crippen molar-refractivity contribution in [3.63, 3.8) is 0 Å². The summed E-state index contributed by atoms with van der Waals surface area (Å²) in [6.45, 7) is 2.98. The van der Waals surface area contributed by atoms with Crippen LogP contribution in [0.3, 0.4) is 0 Å². The Morgan fingerprint density at radius 3 is 2.48 bits per heavy atom. The monoisotopic (exact) mass is 395 g/mol. The average Bonchev–Trinajstić information content (AvgIpc) is 2.99. The number of nitrogens with two attached hydrogens (primary N) is 1. The van der Waals surface area contributed by atoms with Gasteiger partial charge in [0, 0.05) is 18.3 Å². The quantitative estimate of drug-likeness (QED) is 0.444. The lowest BCUT2D eigenvalue weighted by Gasteiger charge is -2.10. The lowest BCUT2D eigenvalue weighted by atomic mass is 9.99. The number of carboxylic acid groups (broad SMARTS) is 1. The molecule has 29 heavy (non-hydrogen) atoms. The van der Waals surface area contributed by atoms with Crippen LogP contribution in [0.25, 0.3) is 5.52 Å². The van der Waals surface area contributed by atoms with Crippen molar-refractivity contribution in [1.29, 1.82) is 0 Å².